The largest absolute Gasteiger partial charge is 0.338 e. The third-order valence-corrected chi connectivity index (χ3v) is 5.02. The second kappa shape index (κ2) is 7.66. The van der Waals surface area contributed by atoms with Gasteiger partial charge in [-0.25, -0.2) is 0 Å². The Labute approximate surface area is 159 Å². The summed E-state index contributed by atoms with van der Waals surface area (Å²) in [5, 5.41) is 0. The van der Waals surface area contributed by atoms with Gasteiger partial charge in [-0.15, -0.1) is 0 Å². The highest BCUT2D eigenvalue weighted by molar-refractivity contribution is 5.94. The van der Waals surface area contributed by atoms with E-state index in [4.69, 9.17) is 0 Å². The maximum atomic E-state index is 12.8. The fourth-order valence-corrected chi connectivity index (χ4v) is 3.72. The van der Waals surface area contributed by atoms with Crippen LogP contribution in [-0.4, -0.2) is 38.8 Å². The number of rotatable bonds is 3. The van der Waals surface area contributed by atoms with Gasteiger partial charge in [0, 0.05) is 49.4 Å². The lowest BCUT2D eigenvalue weighted by Crippen LogP contribution is -2.39. The summed E-state index contributed by atoms with van der Waals surface area (Å²) >= 11 is 0. The van der Waals surface area contributed by atoms with Crippen molar-refractivity contribution in [2.45, 2.75) is 25.7 Å². The third-order valence-electron chi connectivity index (χ3n) is 5.02. The minimum Gasteiger partial charge on any atom is -0.338 e. The smallest absolute Gasteiger partial charge is 0.255 e. The quantitative estimate of drug-likeness (QED) is 0.713. The molecule has 0 saturated carbocycles. The molecule has 1 amide bonds. The van der Waals surface area contributed by atoms with Crippen LogP contribution in [0, 0.1) is 6.92 Å². The molecule has 3 aromatic rings. The first-order chi connectivity index (χ1) is 13.2. The summed E-state index contributed by atoms with van der Waals surface area (Å²) < 4.78 is 0. The van der Waals surface area contributed by atoms with E-state index >= 15 is 0 Å². The van der Waals surface area contributed by atoms with Crippen LogP contribution in [-0.2, 0) is 0 Å². The van der Waals surface area contributed by atoms with E-state index in [0.717, 1.165) is 36.3 Å². The van der Waals surface area contributed by atoms with Crippen molar-refractivity contribution in [3.8, 4) is 11.3 Å². The second-order valence-electron chi connectivity index (χ2n) is 6.99. The zero-order valence-corrected chi connectivity index (χ0v) is 15.4. The number of nitrogens with zero attached hydrogens (tertiary/aromatic N) is 4. The first-order valence-electron chi connectivity index (χ1n) is 9.29. The molecule has 27 heavy (non-hydrogen) atoms. The second-order valence-corrected chi connectivity index (χ2v) is 6.99. The van der Waals surface area contributed by atoms with Gasteiger partial charge in [0.2, 0.25) is 0 Å². The molecule has 1 aliphatic heterocycles. The van der Waals surface area contributed by atoms with Gasteiger partial charge < -0.3 is 4.90 Å². The molecule has 3 heterocycles. The van der Waals surface area contributed by atoms with Crippen molar-refractivity contribution in [3.63, 3.8) is 0 Å². The van der Waals surface area contributed by atoms with Crippen molar-refractivity contribution in [1.29, 1.82) is 0 Å². The zero-order valence-electron chi connectivity index (χ0n) is 15.4. The Bertz CT molecular complexity index is 942. The fourth-order valence-electron chi connectivity index (χ4n) is 3.72. The lowest BCUT2D eigenvalue weighted by atomic mass is 9.91. The van der Waals surface area contributed by atoms with E-state index in [9.17, 15) is 4.79 Å². The van der Waals surface area contributed by atoms with Gasteiger partial charge in [0.25, 0.3) is 5.91 Å². The van der Waals surface area contributed by atoms with E-state index in [-0.39, 0.29) is 11.8 Å². The van der Waals surface area contributed by atoms with E-state index < -0.39 is 0 Å². The molecule has 0 unspecified atom stereocenters. The number of pyridine rings is 1. The summed E-state index contributed by atoms with van der Waals surface area (Å²) in [6, 6.07) is 11.9. The molecule has 0 N–H and O–H groups in total. The average Bonchev–Trinajstić information content (AvgIpc) is 2.74. The molecule has 5 nitrogen and oxygen atoms in total. The van der Waals surface area contributed by atoms with Crippen LogP contribution in [0.2, 0.25) is 0 Å². The summed E-state index contributed by atoms with van der Waals surface area (Å²) in [5.74, 6) is 0.220. The summed E-state index contributed by atoms with van der Waals surface area (Å²) in [4.78, 5) is 28.1. The number of aromatic nitrogens is 3. The minimum atomic E-state index is 0.0359. The normalized spacial score (nSPS) is 16.9. The SMILES string of the molecule is Cc1cccc(-c2nccnc2[C@@H]2CCCN(C(=O)c3cccnc3)C2)c1. The lowest BCUT2D eigenvalue weighted by molar-refractivity contribution is 0.0705. The molecule has 2 aromatic heterocycles. The lowest BCUT2D eigenvalue weighted by Gasteiger charge is -2.33. The maximum absolute atomic E-state index is 12.8. The highest BCUT2D eigenvalue weighted by atomic mass is 16.2. The number of carbonyl (C=O) groups is 1. The Morgan fingerprint density at radius 2 is 2.00 bits per heavy atom. The number of carbonyl (C=O) groups excluding carboxylic acids is 1. The monoisotopic (exact) mass is 358 g/mol. The number of benzene rings is 1. The minimum absolute atomic E-state index is 0.0359. The number of hydrogen-bond donors (Lipinski definition) is 0. The fraction of sp³-hybridized carbons (Fsp3) is 0.273. The predicted molar refractivity (Wildman–Crippen MR) is 104 cm³/mol. The van der Waals surface area contributed by atoms with Crippen molar-refractivity contribution < 1.29 is 4.79 Å². The van der Waals surface area contributed by atoms with Gasteiger partial charge in [-0.05, 0) is 38.0 Å². The molecule has 0 aliphatic carbocycles. The van der Waals surface area contributed by atoms with E-state index in [0.29, 0.717) is 12.1 Å². The maximum Gasteiger partial charge on any atom is 0.255 e. The van der Waals surface area contributed by atoms with Gasteiger partial charge in [0.15, 0.2) is 0 Å². The molecule has 1 saturated heterocycles. The molecule has 1 aliphatic rings. The first-order valence-corrected chi connectivity index (χ1v) is 9.29. The van der Waals surface area contributed by atoms with Gasteiger partial charge in [-0.3, -0.25) is 19.7 Å². The molecule has 0 radical (unpaired) electrons. The molecule has 5 heteroatoms. The summed E-state index contributed by atoms with van der Waals surface area (Å²) in [6.07, 6.45) is 8.77. The van der Waals surface area contributed by atoms with Crippen LogP contribution in [0.3, 0.4) is 0 Å². The van der Waals surface area contributed by atoms with Gasteiger partial charge in [-0.1, -0.05) is 23.8 Å². The Morgan fingerprint density at radius 1 is 1.11 bits per heavy atom. The molecule has 1 atom stereocenters. The van der Waals surface area contributed by atoms with Crippen LogP contribution >= 0.6 is 0 Å². The van der Waals surface area contributed by atoms with Crippen molar-refractivity contribution in [3.05, 3.63) is 78.0 Å². The first kappa shape index (κ1) is 17.3. The van der Waals surface area contributed by atoms with E-state index in [1.165, 1.54) is 5.56 Å². The number of aryl methyl sites for hydroxylation is 1. The Kier molecular flexibility index (Phi) is 4.92. The molecule has 4 rings (SSSR count). The number of likely N-dealkylation sites (tertiary alicyclic amines) is 1. The van der Waals surface area contributed by atoms with Crippen LogP contribution in [0.4, 0.5) is 0 Å². The Balaban J connectivity index is 1.62. The van der Waals surface area contributed by atoms with Crippen molar-refractivity contribution in [1.82, 2.24) is 19.9 Å². The van der Waals surface area contributed by atoms with Gasteiger partial charge in [-0.2, -0.15) is 0 Å². The van der Waals surface area contributed by atoms with E-state index in [1.54, 1.807) is 30.9 Å². The van der Waals surface area contributed by atoms with Gasteiger partial charge >= 0.3 is 0 Å². The van der Waals surface area contributed by atoms with Crippen molar-refractivity contribution in [2.24, 2.45) is 0 Å². The molecular formula is C22H22N4O. The summed E-state index contributed by atoms with van der Waals surface area (Å²) in [7, 11) is 0. The molecule has 0 bridgehead atoms. The molecule has 1 aromatic carbocycles. The summed E-state index contributed by atoms with van der Waals surface area (Å²) in [5.41, 5.74) is 4.81. The van der Waals surface area contributed by atoms with Crippen LogP contribution in [0.15, 0.2) is 61.2 Å². The molecule has 0 spiro atoms. The van der Waals surface area contributed by atoms with Crippen molar-refractivity contribution in [2.75, 3.05) is 13.1 Å². The highest BCUT2D eigenvalue weighted by Gasteiger charge is 2.28. The van der Waals surface area contributed by atoms with E-state index in [2.05, 4.69) is 40.1 Å². The van der Waals surface area contributed by atoms with Crippen LogP contribution in [0.25, 0.3) is 11.3 Å². The predicted octanol–water partition coefficient (Wildman–Crippen LogP) is 3.87. The zero-order chi connectivity index (χ0) is 18.6. The molecular weight excluding hydrogens is 336 g/mol. The molecule has 136 valence electrons. The van der Waals surface area contributed by atoms with Crippen LogP contribution in [0.1, 0.15) is 40.4 Å². The third kappa shape index (κ3) is 3.72. The van der Waals surface area contributed by atoms with Crippen LogP contribution < -0.4 is 0 Å². The summed E-state index contributed by atoms with van der Waals surface area (Å²) in [6.45, 7) is 3.50. The average molecular weight is 358 g/mol. The molecule has 1 fully saturated rings. The number of hydrogen-bond acceptors (Lipinski definition) is 4. The standard InChI is InChI=1S/C22H22N4O/c1-16-5-2-6-17(13-16)20-21(25-11-10-24-20)19-8-4-12-26(15-19)22(27)18-7-3-9-23-14-18/h2-3,5-7,9-11,13-14,19H,4,8,12,15H2,1H3/t19-/m1/s1. The number of amides is 1. The Morgan fingerprint density at radius 3 is 2.81 bits per heavy atom. The van der Waals surface area contributed by atoms with Crippen LogP contribution in [0.5, 0.6) is 0 Å². The van der Waals surface area contributed by atoms with E-state index in [1.807, 2.05) is 17.0 Å². The topological polar surface area (TPSA) is 59.0 Å². The van der Waals surface area contributed by atoms with Gasteiger partial charge in [0.1, 0.15) is 0 Å². The highest BCUT2D eigenvalue weighted by Crippen LogP contribution is 2.32. The van der Waals surface area contributed by atoms with Crippen molar-refractivity contribution >= 4 is 5.91 Å². The van der Waals surface area contributed by atoms with Gasteiger partial charge in [0.05, 0.1) is 17.0 Å². The Hall–Kier alpha value is -3.08. The number of piperidine rings is 1.